The lowest BCUT2D eigenvalue weighted by atomic mass is 10.2. The van der Waals surface area contributed by atoms with E-state index in [0.29, 0.717) is 13.0 Å². The molecule has 3 aromatic heterocycles. The summed E-state index contributed by atoms with van der Waals surface area (Å²) in [5, 5.41) is 13.8. The van der Waals surface area contributed by atoms with Crippen molar-refractivity contribution in [2.75, 3.05) is 0 Å². The molecule has 0 saturated carbocycles. The molecule has 0 unspecified atom stereocenters. The fourth-order valence-electron chi connectivity index (χ4n) is 2.08. The van der Waals surface area contributed by atoms with Crippen molar-refractivity contribution in [3.63, 3.8) is 0 Å². The van der Waals surface area contributed by atoms with E-state index in [9.17, 15) is 0 Å². The summed E-state index contributed by atoms with van der Waals surface area (Å²) in [5.41, 5.74) is 2.71. The molecule has 0 atom stereocenters. The van der Waals surface area contributed by atoms with Crippen molar-refractivity contribution in [3.05, 3.63) is 31.0 Å². The van der Waals surface area contributed by atoms with Gasteiger partial charge in [-0.15, -0.1) is 0 Å². The Hall–Kier alpha value is -2.68. The van der Waals surface area contributed by atoms with Gasteiger partial charge in [0.05, 0.1) is 30.9 Å². The van der Waals surface area contributed by atoms with Crippen LogP contribution in [-0.4, -0.2) is 24.3 Å². The van der Waals surface area contributed by atoms with Gasteiger partial charge in [0.15, 0.2) is 0 Å². The second kappa shape index (κ2) is 4.53. The number of aromatic nitrogens is 5. The zero-order valence-electron chi connectivity index (χ0n) is 10.5. The van der Waals surface area contributed by atoms with Gasteiger partial charge in [-0.2, -0.15) is 10.4 Å². The highest BCUT2D eigenvalue weighted by molar-refractivity contribution is 5.90. The van der Waals surface area contributed by atoms with Gasteiger partial charge < -0.3 is 4.57 Å². The van der Waals surface area contributed by atoms with E-state index in [2.05, 4.69) is 21.1 Å². The molecule has 0 aromatic carbocycles. The van der Waals surface area contributed by atoms with Crippen LogP contribution in [-0.2, 0) is 13.6 Å². The van der Waals surface area contributed by atoms with Gasteiger partial charge in [0, 0.05) is 30.4 Å². The summed E-state index contributed by atoms with van der Waals surface area (Å²) in [6, 6.07) is 4.11. The van der Waals surface area contributed by atoms with Crippen LogP contribution in [0.3, 0.4) is 0 Å². The normalized spacial score (nSPS) is 10.7. The van der Waals surface area contributed by atoms with Crippen LogP contribution in [0, 0.1) is 11.3 Å². The molecule has 6 heteroatoms. The van der Waals surface area contributed by atoms with Gasteiger partial charge in [0.25, 0.3) is 0 Å². The molecule has 0 radical (unpaired) electrons. The van der Waals surface area contributed by atoms with Crippen LogP contribution in [0.4, 0.5) is 0 Å². The molecular weight excluding hydrogens is 240 g/mol. The molecule has 0 aliphatic heterocycles. The molecule has 3 rings (SSSR count). The third-order valence-corrected chi connectivity index (χ3v) is 3.02. The Kier molecular flexibility index (Phi) is 2.72. The predicted octanol–water partition coefficient (Wildman–Crippen LogP) is 1.75. The molecule has 0 fully saturated rings. The first kappa shape index (κ1) is 11.4. The lowest BCUT2D eigenvalue weighted by molar-refractivity contribution is 0.628. The number of rotatable bonds is 3. The van der Waals surface area contributed by atoms with Crippen LogP contribution in [0.2, 0.25) is 0 Å². The van der Waals surface area contributed by atoms with Gasteiger partial charge in [-0.25, -0.2) is 9.97 Å². The predicted molar refractivity (Wildman–Crippen MR) is 70.0 cm³/mol. The van der Waals surface area contributed by atoms with Crippen molar-refractivity contribution >= 4 is 11.0 Å². The first-order valence-electron chi connectivity index (χ1n) is 5.95. The minimum Gasteiger partial charge on any atom is -0.335 e. The van der Waals surface area contributed by atoms with Crippen molar-refractivity contribution in [2.24, 2.45) is 7.05 Å². The molecule has 0 saturated heterocycles. The maximum atomic E-state index is 8.58. The van der Waals surface area contributed by atoms with E-state index in [1.54, 1.807) is 17.2 Å². The van der Waals surface area contributed by atoms with Crippen molar-refractivity contribution in [1.82, 2.24) is 24.3 Å². The lowest BCUT2D eigenvalue weighted by Crippen LogP contribution is -1.96. The number of nitrogens with zero attached hydrogens (tertiary/aromatic N) is 6. The van der Waals surface area contributed by atoms with Crippen molar-refractivity contribution in [1.29, 1.82) is 5.26 Å². The summed E-state index contributed by atoms with van der Waals surface area (Å²) in [5.74, 6) is 0. The minimum atomic E-state index is 0.450. The highest BCUT2D eigenvalue weighted by Crippen LogP contribution is 2.25. The Balaban J connectivity index is 2.04. The van der Waals surface area contributed by atoms with E-state index in [-0.39, 0.29) is 0 Å². The van der Waals surface area contributed by atoms with Crippen LogP contribution < -0.4 is 0 Å². The highest BCUT2D eigenvalue weighted by atomic mass is 15.3. The molecule has 0 aliphatic rings. The largest absolute Gasteiger partial charge is 0.335 e. The van der Waals surface area contributed by atoms with Crippen LogP contribution in [0.15, 0.2) is 31.0 Å². The van der Waals surface area contributed by atoms with Gasteiger partial charge in [0.1, 0.15) is 12.0 Å². The number of aryl methyl sites for hydroxylation is 2. The van der Waals surface area contributed by atoms with Crippen LogP contribution in [0.5, 0.6) is 0 Å². The summed E-state index contributed by atoms with van der Waals surface area (Å²) in [6.45, 7) is 0.597. The molecule has 3 aromatic rings. The number of fused-ring (bicyclic) bond motifs is 1. The van der Waals surface area contributed by atoms with Gasteiger partial charge in [-0.1, -0.05) is 0 Å². The smallest absolute Gasteiger partial charge is 0.143 e. The van der Waals surface area contributed by atoms with Crippen molar-refractivity contribution in [3.8, 4) is 17.3 Å². The summed E-state index contributed by atoms with van der Waals surface area (Å²) in [4.78, 5) is 8.61. The maximum Gasteiger partial charge on any atom is 0.143 e. The van der Waals surface area contributed by atoms with Gasteiger partial charge in [-0.3, -0.25) is 4.68 Å². The minimum absolute atomic E-state index is 0.450. The fourth-order valence-corrected chi connectivity index (χ4v) is 2.08. The van der Waals surface area contributed by atoms with Crippen LogP contribution >= 0.6 is 0 Å². The lowest BCUT2D eigenvalue weighted by Gasteiger charge is -1.99. The fraction of sp³-hybridized carbons (Fsp3) is 0.231. The molecule has 0 N–H and O–H groups in total. The molecule has 0 aliphatic carbocycles. The Labute approximate surface area is 109 Å². The Bertz CT molecular complexity index is 761. The molecule has 6 nitrogen and oxygen atoms in total. The van der Waals surface area contributed by atoms with E-state index in [1.807, 2.05) is 30.1 Å². The Morgan fingerprint density at radius 3 is 3.11 bits per heavy atom. The van der Waals surface area contributed by atoms with Crippen molar-refractivity contribution < 1.29 is 0 Å². The standard InChI is InChI=1S/C13H12N6/c1-18-6-3-11-12(15-9-16-13(11)18)10-7-17-19(8-10)5-2-4-14/h3,6-9H,2,5H2,1H3. The zero-order chi connectivity index (χ0) is 13.2. The second-order valence-corrected chi connectivity index (χ2v) is 4.29. The molecule has 0 amide bonds. The highest BCUT2D eigenvalue weighted by Gasteiger charge is 2.10. The Morgan fingerprint density at radius 2 is 2.26 bits per heavy atom. The van der Waals surface area contributed by atoms with Gasteiger partial charge in [0.2, 0.25) is 0 Å². The van der Waals surface area contributed by atoms with E-state index in [4.69, 9.17) is 5.26 Å². The zero-order valence-corrected chi connectivity index (χ0v) is 10.5. The first-order valence-corrected chi connectivity index (χ1v) is 5.95. The number of hydrogen-bond donors (Lipinski definition) is 0. The van der Waals surface area contributed by atoms with Crippen LogP contribution in [0.1, 0.15) is 6.42 Å². The third kappa shape index (κ3) is 1.95. The quantitative estimate of drug-likeness (QED) is 0.711. The average molecular weight is 252 g/mol. The topological polar surface area (TPSA) is 72.3 Å². The number of nitriles is 1. The monoisotopic (exact) mass is 252 g/mol. The van der Waals surface area contributed by atoms with Gasteiger partial charge in [-0.05, 0) is 6.07 Å². The van der Waals surface area contributed by atoms with E-state index in [1.165, 1.54) is 0 Å². The molecular formula is C13H12N6. The van der Waals surface area contributed by atoms with Gasteiger partial charge >= 0.3 is 0 Å². The second-order valence-electron chi connectivity index (χ2n) is 4.29. The van der Waals surface area contributed by atoms with Crippen LogP contribution in [0.25, 0.3) is 22.3 Å². The molecule has 0 spiro atoms. The SMILES string of the molecule is Cn1ccc2c(-c3cnn(CCC#N)c3)ncnc21. The van der Waals surface area contributed by atoms with E-state index in [0.717, 1.165) is 22.3 Å². The molecule has 0 bridgehead atoms. The third-order valence-electron chi connectivity index (χ3n) is 3.02. The van der Waals surface area contributed by atoms with E-state index < -0.39 is 0 Å². The first-order chi connectivity index (χ1) is 9.29. The number of hydrogen-bond acceptors (Lipinski definition) is 4. The Morgan fingerprint density at radius 1 is 1.37 bits per heavy atom. The molecule has 94 valence electrons. The summed E-state index contributed by atoms with van der Waals surface area (Å²) in [6.07, 6.45) is 7.65. The van der Waals surface area contributed by atoms with E-state index >= 15 is 0 Å². The average Bonchev–Trinajstić information content (AvgIpc) is 3.04. The molecule has 3 heterocycles. The summed E-state index contributed by atoms with van der Waals surface area (Å²) >= 11 is 0. The molecule has 19 heavy (non-hydrogen) atoms. The maximum absolute atomic E-state index is 8.58. The summed E-state index contributed by atoms with van der Waals surface area (Å²) < 4.78 is 3.72. The van der Waals surface area contributed by atoms with Crippen molar-refractivity contribution in [2.45, 2.75) is 13.0 Å². The summed E-state index contributed by atoms with van der Waals surface area (Å²) in [7, 11) is 1.95.